The van der Waals surface area contributed by atoms with Gasteiger partial charge in [0, 0.05) is 12.2 Å². The number of benzene rings is 2. The van der Waals surface area contributed by atoms with Crippen LogP contribution in [-0.4, -0.2) is 26.9 Å². The largest absolute Gasteiger partial charge is 0.493 e. The van der Waals surface area contributed by atoms with Crippen molar-refractivity contribution in [3.63, 3.8) is 0 Å². The molecule has 0 fully saturated rings. The average Bonchev–Trinajstić information content (AvgIpc) is 2.67. The zero-order chi connectivity index (χ0) is 18.9. The Bertz CT molecular complexity index is 790. The molecular weight excluding hydrogens is 334 g/mol. The van der Waals surface area contributed by atoms with Crippen LogP contribution in [0.4, 0.5) is 10.5 Å². The van der Waals surface area contributed by atoms with Crippen LogP contribution >= 0.6 is 0 Å². The molecule has 7 heteroatoms. The number of nitriles is 1. The number of amides is 2. The van der Waals surface area contributed by atoms with Crippen LogP contribution in [-0.2, 0) is 6.54 Å². The molecular formula is C19H21N3O4. The van der Waals surface area contributed by atoms with Crippen molar-refractivity contribution < 1.29 is 19.0 Å². The summed E-state index contributed by atoms with van der Waals surface area (Å²) in [5, 5.41) is 14.3. The Kier molecular flexibility index (Phi) is 6.68. The number of urea groups is 1. The molecule has 0 aliphatic rings. The topological polar surface area (TPSA) is 92.6 Å². The average molecular weight is 355 g/mol. The van der Waals surface area contributed by atoms with E-state index in [1.165, 1.54) is 0 Å². The second kappa shape index (κ2) is 9.18. The zero-order valence-corrected chi connectivity index (χ0v) is 15.0. The van der Waals surface area contributed by atoms with Gasteiger partial charge in [-0.1, -0.05) is 6.07 Å². The van der Waals surface area contributed by atoms with Crippen molar-refractivity contribution in [2.75, 3.05) is 26.1 Å². The van der Waals surface area contributed by atoms with Gasteiger partial charge in [-0.15, -0.1) is 0 Å². The fraction of sp³-hybridized carbons (Fsp3) is 0.263. The molecule has 2 N–H and O–H groups in total. The van der Waals surface area contributed by atoms with E-state index in [2.05, 4.69) is 10.6 Å². The quantitative estimate of drug-likeness (QED) is 0.795. The van der Waals surface area contributed by atoms with E-state index in [1.54, 1.807) is 50.6 Å². The number of ether oxygens (including phenoxy) is 3. The Hall–Kier alpha value is -3.40. The Labute approximate surface area is 152 Å². The van der Waals surface area contributed by atoms with Crippen LogP contribution in [0, 0.1) is 11.3 Å². The third-order valence-electron chi connectivity index (χ3n) is 3.51. The third-order valence-corrected chi connectivity index (χ3v) is 3.51. The number of carbonyl (C=O) groups excluding carboxylic acids is 1. The van der Waals surface area contributed by atoms with Crippen molar-refractivity contribution in [3.8, 4) is 23.3 Å². The first kappa shape index (κ1) is 18.9. The molecule has 26 heavy (non-hydrogen) atoms. The lowest BCUT2D eigenvalue weighted by atomic mass is 10.1. The minimum absolute atomic E-state index is 0.267. The summed E-state index contributed by atoms with van der Waals surface area (Å²) < 4.78 is 16.2. The number of nitrogens with zero attached hydrogens (tertiary/aromatic N) is 1. The van der Waals surface area contributed by atoms with E-state index in [0.717, 1.165) is 5.56 Å². The molecule has 0 radical (unpaired) electrons. The van der Waals surface area contributed by atoms with Crippen molar-refractivity contribution in [1.29, 1.82) is 5.26 Å². The molecule has 2 amide bonds. The lowest BCUT2D eigenvalue weighted by Gasteiger charge is -2.15. The Morgan fingerprint density at radius 2 is 1.85 bits per heavy atom. The van der Waals surface area contributed by atoms with E-state index in [0.29, 0.717) is 35.1 Å². The monoisotopic (exact) mass is 355 g/mol. The lowest BCUT2D eigenvalue weighted by molar-refractivity contribution is 0.251. The first-order valence-electron chi connectivity index (χ1n) is 8.04. The molecule has 2 rings (SSSR count). The standard InChI is InChI=1S/C19H21N3O4/c1-4-26-18-16(24-2)9-14(10-17(18)25-3)12-21-19(23)22-15-7-5-6-13(8-15)11-20/h5-10H,4,12H2,1-3H3,(H2,21,22,23). The number of hydrogen-bond donors (Lipinski definition) is 2. The molecule has 0 unspecified atom stereocenters. The van der Waals surface area contributed by atoms with Gasteiger partial charge in [0.25, 0.3) is 0 Å². The van der Waals surface area contributed by atoms with Gasteiger partial charge >= 0.3 is 6.03 Å². The number of hydrogen-bond acceptors (Lipinski definition) is 5. The molecule has 0 aliphatic heterocycles. The van der Waals surface area contributed by atoms with E-state index < -0.39 is 0 Å². The molecule has 136 valence electrons. The number of carbonyl (C=O) groups is 1. The molecule has 0 spiro atoms. The van der Waals surface area contributed by atoms with Crippen LogP contribution in [0.5, 0.6) is 17.2 Å². The molecule has 0 atom stereocenters. The van der Waals surface area contributed by atoms with Crippen molar-refractivity contribution >= 4 is 11.7 Å². The summed E-state index contributed by atoms with van der Waals surface area (Å²) in [7, 11) is 3.09. The maximum absolute atomic E-state index is 12.1. The van der Waals surface area contributed by atoms with E-state index in [4.69, 9.17) is 19.5 Å². The van der Waals surface area contributed by atoms with Crippen LogP contribution < -0.4 is 24.8 Å². The van der Waals surface area contributed by atoms with Crippen LogP contribution in [0.1, 0.15) is 18.1 Å². The highest BCUT2D eigenvalue weighted by Crippen LogP contribution is 2.38. The Morgan fingerprint density at radius 3 is 2.42 bits per heavy atom. The van der Waals surface area contributed by atoms with Gasteiger partial charge < -0.3 is 24.8 Å². The number of anilines is 1. The predicted octanol–water partition coefficient (Wildman–Crippen LogP) is 3.30. The first-order chi connectivity index (χ1) is 12.6. The predicted molar refractivity (Wildman–Crippen MR) is 97.7 cm³/mol. The Morgan fingerprint density at radius 1 is 1.15 bits per heavy atom. The highest BCUT2D eigenvalue weighted by atomic mass is 16.5. The van der Waals surface area contributed by atoms with Gasteiger partial charge in [0.1, 0.15) is 0 Å². The van der Waals surface area contributed by atoms with Crippen LogP contribution in [0.15, 0.2) is 36.4 Å². The molecule has 7 nitrogen and oxygen atoms in total. The van der Waals surface area contributed by atoms with E-state index in [1.807, 2.05) is 13.0 Å². The molecule has 2 aromatic rings. The summed E-state index contributed by atoms with van der Waals surface area (Å²) in [5.41, 5.74) is 1.82. The third kappa shape index (κ3) is 4.80. The van der Waals surface area contributed by atoms with Gasteiger partial charge in [-0.05, 0) is 42.8 Å². The number of methoxy groups -OCH3 is 2. The van der Waals surface area contributed by atoms with Crippen molar-refractivity contribution in [2.24, 2.45) is 0 Å². The van der Waals surface area contributed by atoms with Gasteiger partial charge in [0.05, 0.1) is 32.5 Å². The zero-order valence-electron chi connectivity index (χ0n) is 15.0. The van der Waals surface area contributed by atoms with Crippen molar-refractivity contribution in [1.82, 2.24) is 5.32 Å². The van der Waals surface area contributed by atoms with E-state index in [9.17, 15) is 4.79 Å². The molecule has 0 aromatic heterocycles. The van der Waals surface area contributed by atoms with E-state index >= 15 is 0 Å². The molecule has 0 saturated carbocycles. The molecule has 0 heterocycles. The minimum Gasteiger partial charge on any atom is -0.493 e. The minimum atomic E-state index is -0.382. The fourth-order valence-electron chi connectivity index (χ4n) is 2.35. The molecule has 0 saturated heterocycles. The number of rotatable bonds is 7. The summed E-state index contributed by atoms with van der Waals surface area (Å²) in [6.07, 6.45) is 0. The molecule has 0 aliphatic carbocycles. The van der Waals surface area contributed by atoms with Crippen LogP contribution in [0.3, 0.4) is 0 Å². The number of nitrogens with one attached hydrogen (secondary N) is 2. The van der Waals surface area contributed by atoms with Crippen LogP contribution in [0.25, 0.3) is 0 Å². The summed E-state index contributed by atoms with van der Waals surface area (Å²) in [6, 6.07) is 11.9. The van der Waals surface area contributed by atoms with Gasteiger partial charge in [-0.2, -0.15) is 5.26 Å². The second-order valence-corrected chi connectivity index (χ2v) is 5.26. The summed E-state index contributed by atoms with van der Waals surface area (Å²) in [4.78, 5) is 12.1. The Balaban J connectivity index is 2.06. The van der Waals surface area contributed by atoms with Gasteiger partial charge in [-0.25, -0.2) is 4.79 Å². The highest BCUT2D eigenvalue weighted by molar-refractivity contribution is 5.89. The maximum atomic E-state index is 12.1. The SMILES string of the molecule is CCOc1c(OC)cc(CNC(=O)Nc2cccc(C#N)c2)cc1OC. The van der Waals surface area contributed by atoms with Crippen molar-refractivity contribution in [3.05, 3.63) is 47.5 Å². The van der Waals surface area contributed by atoms with Gasteiger partial charge in [0.2, 0.25) is 5.75 Å². The molecule has 2 aromatic carbocycles. The smallest absolute Gasteiger partial charge is 0.319 e. The van der Waals surface area contributed by atoms with Gasteiger partial charge in [0.15, 0.2) is 11.5 Å². The normalized spacial score (nSPS) is 9.77. The lowest BCUT2D eigenvalue weighted by Crippen LogP contribution is -2.28. The maximum Gasteiger partial charge on any atom is 0.319 e. The first-order valence-corrected chi connectivity index (χ1v) is 8.04. The second-order valence-electron chi connectivity index (χ2n) is 5.26. The summed E-state index contributed by atoms with van der Waals surface area (Å²) >= 11 is 0. The van der Waals surface area contributed by atoms with E-state index in [-0.39, 0.29) is 12.6 Å². The summed E-state index contributed by atoms with van der Waals surface area (Å²) in [6.45, 7) is 2.62. The fourth-order valence-corrected chi connectivity index (χ4v) is 2.35. The van der Waals surface area contributed by atoms with Gasteiger partial charge in [-0.3, -0.25) is 0 Å². The van der Waals surface area contributed by atoms with Crippen molar-refractivity contribution in [2.45, 2.75) is 13.5 Å². The molecule has 0 bridgehead atoms. The highest BCUT2D eigenvalue weighted by Gasteiger charge is 2.14. The van der Waals surface area contributed by atoms with Crippen LogP contribution in [0.2, 0.25) is 0 Å². The summed E-state index contributed by atoms with van der Waals surface area (Å²) in [5.74, 6) is 1.59.